The number of ether oxygens (including phenoxy) is 6. The van der Waals surface area contributed by atoms with Gasteiger partial charge in [-0.1, -0.05) is 17.7 Å². The van der Waals surface area contributed by atoms with Crippen molar-refractivity contribution in [3.8, 4) is 0 Å². The molecule has 1 aromatic heterocycles. The second-order valence-corrected chi connectivity index (χ2v) is 15.1. The molecular weight excluding hydrogens is 668 g/mol. The van der Waals surface area contributed by atoms with Crippen LogP contribution in [0.15, 0.2) is 44.9 Å². The fourth-order valence-electron chi connectivity index (χ4n) is 4.60. The summed E-state index contributed by atoms with van der Waals surface area (Å²) in [6, 6.07) is 5.86. The van der Waals surface area contributed by atoms with Crippen molar-refractivity contribution in [1.82, 2.24) is 9.13 Å². The van der Waals surface area contributed by atoms with E-state index in [1.165, 1.54) is 25.3 Å². The number of nitrogens with zero attached hydrogens (tertiary/aromatic N) is 2. The lowest BCUT2D eigenvalue weighted by atomic mass is 10.2. The third-order valence-electron chi connectivity index (χ3n) is 6.69. The Morgan fingerprint density at radius 3 is 2.12 bits per heavy atom. The molecule has 2 heterocycles. The van der Waals surface area contributed by atoms with Crippen LogP contribution in [0.1, 0.15) is 72.2 Å². The van der Waals surface area contributed by atoms with Crippen molar-refractivity contribution in [2.45, 2.75) is 116 Å². The van der Waals surface area contributed by atoms with Crippen molar-refractivity contribution >= 4 is 28.4 Å². The van der Waals surface area contributed by atoms with Crippen LogP contribution in [0.2, 0.25) is 0 Å². The van der Waals surface area contributed by atoms with Crippen molar-refractivity contribution in [3.05, 3.63) is 62.4 Å². The summed E-state index contributed by atoms with van der Waals surface area (Å²) in [5.41, 5.74) is -2.49. The van der Waals surface area contributed by atoms with Gasteiger partial charge in [-0.05, 0) is 67.5 Å². The fourth-order valence-corrected chi connectivity index (χ4v) is 5.54. The molecule has 16 nitrogen and oxygen atoms in total. The number of carbonyl (C=O) groups is 3. The average molecular weight is 713 g/mol. The van der Waals surface area contributed by atoms with E-state index in [2.05, 4.69) is 0 Å². The topological polar surface area (TPSA) is 194 Å². The van der Waals surface area contributed by atoms with Gasteiger partial charge in [-0.15, -0.1) is 0 Å². The minimum absolute atomic E-state index is 0.0797. The molecule has 2 aromatic rings. The van der Waals surface area contributed by atoms with Gasteiger partial charge in [0, 0.05) is 25.1 Å². The summed E-state index contributed by atoms with van der Waals surface area (Å²) in [7, 11) is -4.28. The Hall–Kier alpha value is -4.22. The maximum absolute atomic E-state index is 13.8. The summed E-state index contributed by atoms with van der Waals surface area (Å²) in [4.78, 5) is 63.5. The van der Waals surface area contributed by atoms with Crippen LogP contribution in [0.5, 0.6) is 0 Å². The number of aryl methyl sites for hydroxylation is 2. The SMILES string of the molecule is CC(=O)OC(COS(=O)(=O)c1ccc(C)cc1)Cn1c(=O)c(C)cn(C2C[C@H](OC(=O)OC(C)(C)C)[C@@H](COC(=O)OC(C)(C)C)O2)c1=O. The van der Waals surface area contributed by atoms with E-state index in [9.17, 15) is 32.4 Å². The molecule has 4 atom stereocenters. The number of rotatable bonds is 11. The van der Waals surface area contributed by atoms with Crippen LogP contribution in [-0.2, 0) is 54.1 Å². The van der Waals surface area contributed by atoms with Crippen LogP contribution in [0.25, 0.3) is 0 Å². The number of carbonyl (C=O) groups excluding carboxylic acids is 3. The van der Waals surface area contributed by atoms with Crippen molar-refractivity contribution in [2.24, 2.45) is 0 Å². The first kappa shape index (κ1) is 39.2. The molecule has 0 bridgehead atoms. The lowest BCUT2D eigenvalue weighted by molar-refractivity contribution is -0.148. The highest BCUT2D eigenvalue weighted by molar-refractivity contribution is 7.86. The van der Waals surface area contributed by atoms with E-state index in [0.717, 1.165) is 21.6 Å². The molecule has 0 spiro atoms. The van der Waals surface area contributed by atoms with Gasteiger partial charge in [0.05, 0.1) is 11.4 Å². The van der Waals surface area contributed by atoms with Crippen LogP contribution >= 0.6 is 0 Å². The zero-order valence-corrected chi connectivity index (χ0v) is 29.9. The van der Waals surface area contributed by atoms with Crippen molar-refractivity contribution < 1.29 is 55.4 Å². The zero-order chi connectivity index (χ0) is 36.9. The molecule has 3 rings (SSSR count). The molecule has 0 radical (unpaired) electrons. The molecule has 1 aliphatic rings. The van der Waals surface area contributed by atoms with E-state index >= 15 is 0 Å². The molecule has 272 valence electrons. The van der Waals surface area contributed by atoms with E-state index in [1.54, 1.807) is 60.6 Å². The third kappa shape index (κ3) is 11.7. The Bertz CT molecular complexity index is 1730. The largest absolute Gasteiger partial charge is 0.509 e. The van der Waals surface area contributed by atoms with Gasteiger partial charge in [0.1, 0.15) is 49.0 Å². The molecule has 0 N–H and O–H groups in total. The van der Waals surface area contributed by atoms with E-state index in [0.29, 0.717) is 0 Å². The normalized spacial score (nSPS) is 18.8. The van der Waals surface area contributed by atoms with Gasteiger partial charge in [0.25, 0.3) is 15.7 Å². The summed E-state index contributed by atoms with van der Waals surface area (Å²) < 4.78 is 64.9. The van der Waals surface area contributed by atoms with Crippen molar-refractivity contribution in [2.75, 3.05) is 13.2 Å². The average Bonchev–Trinajstić information content (AvgIpc) is 3.34. The van der Waals surface area contributed by atoms with Gasteiger partial charge in [0.15, 0.2) is 0 Å². The first-order valence-electron chi connectivity index (χ1n) is 15.4. The third-order valence-corrected chi connectivity index (χ3v) is 7.98. The molecule has 2 unspecified atom stereocenters. The molecule has 0 amide bonds. The van der Waals surface area contributed by atoms with Crippen LogP contribution in [0.4, 0.5) is 9.59 Å². The number of esters is 1. The van der Waals surface area contributed by atoms with Gasteiger partial charge in [-0.3, -0.25) is 22.9 Å². The van der Waals surface area contributed by atoms with E-state index < -0.39 is 95.1 Å². The highest BCUT2D eigenvalue weighted by Gasteiger charge is 2.42. The molecule has 0 saturated carbocycles. The molecule has 1 aromatic carbocycles. The van der Waals surface area contributed by atoms with Crippen LogP contribution in [-0.4, -0.2) is 78.6 Å². The van der Waals surface area contributed by atoms with E-state index in [-0.39, 0.29) is 16.9 Å². The van der Waals surface area contributed by atoms with Gasteiger partial charge < -0.3 is 28.4 Å². The zero-order valence-electron chi connectivity index (χ0n) is 29.0. The minimum Gasteiger partial charge on any atom is -0.458 e. The number of aromatic nitrogens is 2. The van der Waals surface area contributed by atoms with Gasteiger partial charge >= 0.3 is 24.0 Å². The Morgan fingerprint density at radius 1 is 0.959 bits per heavy atom. The Kier molecular flexibility index (Phi) is 12.4. The quantitative estimate of drug-likeness (QED) is 0.187. The summed E-state index contributed by atoms with van der Waals surface area (Å²) in [6.45, 7) is 12.5. The molecule has 49 heavy (non-hydrogen) atoms. The molecule has 1 saturated heterocycles. The van der Waals surface area contributed by atoms with Gasteiger partial charge in [-0.25, -0.2) is 14.4 Å². The summed E-state index contributed by atoms with van der Waals surface area (Å²) in [5.74, 6) is -0.809. The molecule has 17 heteroatoms. The highest BCUT2D eigenvalue weighted by Crippen LogP contribution is 2.31. The Labute approximate surface area is 284 Å². The summed E-state index contributed by atoms with van der Waals surface area (Å²) in [6.07, 6.45) is -5.56. The van der Waals surface area contributed by atoms with E-state index in [4.69, 9.17) is 32.6 Å². The molecular formula is C32H44N2O14S. The Balaban J connectivity index is 1.89. The molecule has 1 aliphatic heterocycles. The number of benzene rings is 1. The fraction of sp³-hybridized carbons (Fsp3) is 0.594. The summed E-state index contributed by atoms with van der Waals surface area (Å²) >= 11 is 0. The number of hydrogen-bond acceptors (Lipinski definition) is 14. The van der Waals surface area contributed by atoms with Crippen molar-refractivity contribution in [3.63, 3.8) is 0 Å². The highest BCUT2D eigenvalue weighted by atomic mass is 32.2. The summed E-state index contributed by atoms with van der Waals surface area (Å²) in [5, 5.41) is 0. The van der Waals surface area contributed by atoms with Gasteiger partial charge in [-0.2, -0.15) is 8.42 Å². The van der Waals surface area contributed by atoms with Crippen LogP contribution in [0, 0.1) is 13.8 Å². The lowest BCUT2D eigenvalue weighted by Gasteiger charge is -2.23. The standard InChI is InChI=1S/C32H44N2O14S/c1-19-10-12-23(13-11-19)49(40,41)43-17-22(44-21(3)35)16-34-27(36)20(2)15-33(28(34)37)26-14-24(46-30(39)48-32(7,8)9)25(45-26)18-42-29(38)47-31(4,5)6/h10-13,15,22,24-26H,14,16-18H2,1-9H3/t22?,24-,25+,26?/m0/s1. The first-order valence-corrected chi connectivity index (χ1v) is 16.8. The predicted octanol–water partition coefficient (Wildman–Crippen LogP) is 3.52. The minimum atomic E-state index is -4.28. The maximum atomic E-state index is 13.8. The number of hydrogen-bond donors (Lipinski definition) is 0. The van der Waals surface area contributed by atoms with E-state index in [1.807, 2.05) is 0 Å². The molecule has 1 fully saturated rings. The smallest absolute Gasteiger partial charge is 0.458 e. The second kappa shape index (κ2) is 15.6. The van der Waals surface area contributed by atoms with Crippen LogP contribution < -0.4 is 11.2 Å². The first-order chi connectivity index (χ1) is 22.5. The predicted molar refractivity (Wildman–Crippen MR) is 171 cm³/mol. The van der Waals surface area contributed by atoms with Crippen LogP contribution in [0.3, 0.4) is 0 Å². The van der Waals surface area contributed by atoms with Gasteiger partial charge in [0.2, 0.25) is 0 Å². The molecule has 0 aliphatic carbocycles. The Morgan fingerprint density at radius 2 is 1.55 bits per heavy atom. The maximum Gasteiger partial charge on any atom is 0.509 e. The monoisotopic (exact) mass is 712 g/mol. The van der Waals surface area contributed by atoms with Crippen molar-refractivity contribution in [1.29, 1.82) is 0 Å². The lowest BCUT2D eigenvalue weighted by Crippen LogP contribution is -2.45. The second-order valence-electron chi connectivity index (χ2n) is 13.5.